The van der Waals surface area contributed by atoms with E-state index in [9.17, 15) is 9.90 Å². The molecule has 0 aliphatic rings. The predicted molar refractivity (Wildman–Crippen MR) is 75.2 cm³/mol. The van der Waals surface area contributed by atoms with Gasteiger partial charge in [0.05, 0.1) is 19.5 Å². The van der Waals surface area contributed by atoms with Crippen molar-refractivity contribution in [2.75, 3.05) is 7.11 Å². The number of hydrogen-bond donors (Lipinski definition) is 1. The number of methoxy groups -OCH3 is 1. The third-order valence-electron chi connectivity index (χ3n) is 3.22. The summed E-state index contributed by atoms with van der Waals surface area (Å²) in [4.78, 5) is 11.7. The van der Waals surface area contributed by atoms with Crippen LogP contribution >= 0.6 is 11.6 Å². The lowest BCUT2D eigenvalue weighted by molar-refractivity contribution is -0.147. The summed E-state index contributed by atoms with van der Waals surface area (Å²) in [5.74, 6) is -0.438. The molecule has 5 nitrogen and oxygen atoms in total. The van der Waals surface area contributed by atoms with Crippen LogP contribution in [0.2, 0.25) is 5.02 Å². The molecule has 2 aromatic rings. The zero-order chi connectivity index (χ0) is 14.8. The van der Waals surface area contributed by atoms with E-state index in [-0.39, 0.29) is 0 Å². The van der Waals surface area contributed by atoms with Crippen molar-refractivity contribution in [1.82, 2.24) is 9.78 Å². The van der Waals surface area contributed by atoms with Crippen molar-refractivity contribution in [2.24, 2.45) is 0 Å². The van der Waals surface area contributed by atoms with Gasteiger partial charge in [-0.2, -0.15) is 5.10 Å². The van der Waals surface area contributed by atoms with Gasteiger partial charge < -0.3 is 9.84 Å². The first-order chi connectivity index (χ1) is 9.45. The van der Waals surface area contributed by atoms with Gasteiger partial charge in [0.1, 0.15) is 0 Å². The number of rotatable bonds is 5. The Morgan fingerprint density at radius 1 is 1.45 bits per heavy atom. The highest BCUT2D eigenvalue weighted by Gasteiger charge is 2.36. The highest BCUT2D eigenvalue weighted by Crippen LogP contribution is 2.24. The third-order valence-corrected chi connectivity index (χ3v) is 3.47. The molecule has 1 N–H and O–H groups in total. The number of ether oxygens (including phenoxy) is 1. The van der Waals surface area contributed by atoms with E-state index in [1.54, 1.807) is 25.3 Å². The van der Waals surface area contributed by atoms with E-state index in [1.807, 2.05) is 12.1 Å². The first kappa shape index (κ1) is 14.4. The zero-order valence-corrected chi connectivity index (χ0v) is 12.0. The number of carbonyl (C=O) groups is 1. The summed E-state index contributed by atoms with van der Waals surface area (Å²) in [6.07, 6.45) is 3.36. The van der Waals surface area contributed by atoms with Crippen LogP contribution in [0.5, 0.6) is 5.75 Å². The number of nitrogens with zero attached hydrogens (tertiary/aromatic N) is 2. The van der Waals surface area contributed by atoms with Gasteiger partial charge in [0.15, 0.2) is 11.3 Å². The minimum atomic E-state index is -1.19. The molecule has 6 heteroatoms. The normalized spacial score (nSPS) is 13.8. The average Bonchev–Trinajstić information content (AvgIpc) is 2.90. The van der Waals surface area contributed by atoms with Gasteiger partial charge in [0.2, 0.25) is 0 Å². The van der Waals surface area contributed by atoms with Crippen molar-refractivity contribution in [3.05, 3.63) is 47.2 Å². The van der Waals surface area contributed by atoms with Crippen molar-refractivity contribution in [2.45, 2.75) is 18.9 Å². The van der Waals surface area contributed by atoms with Gasteiger partial charge >= 0.3 is 5.97 Å². The number of halogens is 1. The molecular weight excluding hydrogens is 280 g/mol. The van der Waals surface area contributed by atoms with E-state index < -0.39 is 11.5 Å². The van der Waals surface area contributed by atoms with Gasteiger partial charge in [-0.25, -0.2) is 4.79 Å². The molecule has 0 spiro atoms. The number of aliphatic carboxylic acids is 1. The molecule has 0 aliphatic heterocycles. The van der Waals surface area contributed by atoms with Crippen LogP contribution < -0.4 is 4.74 Å². The maximum Gasteiger partial charge on any atom is 0.331 e. The largest absolute Gasteiger partial charge is 0.493 e. The quantitative estimate of drug-likeness (QED) is 0.920. The molecule has 0 bridgehead atoms. The molecule has 0 saturated heterocycles. The van der Waals surface area contributed by atoms with Crippen molar-refractivity contribution in [3.8, 4) is 5.75 Å². The van der Waals surface area contributed by atoms with Crippen LogP contribution in [-0.4, -0.2) is 28.0 Å². The van der Waals surface area contributed by atoms with Gasteiger partial charge in [-0.05, 0) is 24.6 Å². The fraction of sp³-hybridized carbons (Fsp3) is 0.286. The molecule has 1 aromatic carbocycles. The number of benzene rings is 1. The Kier molecular flexibility index (Phi) is 3.99. The van der Waals surface area contributed by atoms with Gasteiger partial charge in [-0.15, -0.1) is 0 Å². The summed E-state index contributed by atoms with van der Waals surface area (Å²) in [6, 6.07) is 7.10. The maximum absolute atomic E-state index is 11.7. The third kappa shape index (κ3) is 2.77. The van der Waals surface area contributed by atoms with Crippen LogP contribution in [0.25, 0.3) is 0 Å². The predicted octanol–water partition coefficient (Wildman–Crippen LogP) is 2.59. The number of hydrogen-bond acceptors (Lipinski definition) is 3. The van der Waals surface area contributed by atoms with E-state index in [0.717, 1.165) is 5.56 Å². The van der Waals surface area contributed by atoms with Gasteiger partial charge in [-0.3, -0.25) is 4.68 Å². The highest BCUT2D eigenvalue weighted by molar-refractivity contribution is 6.30. The summed E-state index contributed by atoms with van der Waals surface area (Å²) < 4.78 is 6.45. The first-order valence-corrected chi connectivity index (χ1v) is 6.40. The van der Waals surface area contributed by atoms with E-state index in [4.69, 9.17) is 16.3 Å². The molecule has 1 atom stereocenters. The van der Waals surface area contributed by atoms with Crippen LogP contribution in [0.1, 0.15) is 12.5 Å². The number of carboxylic acids is 1. The molecule has 0 fully saturated rings. The van der Waals surface area contributed by atoms with Crippen LogP contribution in [0, 0.1) is 0 Å². The Bertz CT molecular complexity index is 609. The minimum absolute atomic E-state index is 0.296. The second kappa shape index (κ2) is 5.54. The molecule has 20 heavy (non-hydrogen) atoms. The molecule has 1 unspecified atom stereocenters. The lowest BCUT2D eigenvalue weighted by atomic mass is 9.93. The Labute approximate surface area is 121 Å². The molecule has 1 aromatic heterocycles. The van der Waals surface area contributed by atoms with Crippen molar-refractivity contribution < 1.29 is 14.6 Å². The Balaban J connectivity index is 2.34. The fourth-order valence-corrected chi connectivity index (χ4v) is 2.06. The van der Waals surface area contributed by atoms with E-state index in [1.165, 1.54) is 18.0 Å². The van der Waals surface area contributed by atoms with Gasteiger partial charge in [0.25, 0.3) is 0 Å². The van der Waals surface area contributed by atoms with Crippen LogP contribution in [0.15, 0.2) is 36.7 Å². The van der Waals surface area contributed by atoms with Crippen molar-refractivity contribution >= 4 is 17.6 Å². The van der Waals surface area contributed by atoms with Crippen molar-refractivity contribution in [1.29, 1.82) is 0 Å². The molecule has 2 rings (SSSR count). The maximum atomic E-state index is 11.7. The average molecular weight is 295 g/mol. The summed E-state index contributed by atoms with van der Waals surface area (Å²) in [6.45, 7) is 1.62. The fourth-order valence-electron chi connectivity index (χ4n) is 1.94. The number of aromatic nitrogens is 2. The standard InChI is InChI=1S/C14H15ClN2O3/c1-14(13(18)19,17-9-12(20-2)8-16-17)7-10-3-5-11(15)6-4-10/h3-6,8-9H,7H2,1-2H3,(H,18,19). The van der Waals surface area contributed by atoms with Crippen molar-refractivity contribution in [3.63, 3.8) is 0 Å². The summed E-state index contributed by atoms with van der Waals surface area (Å²) >= 11 is 5.83. The van der Waals surface area contributed by atoms with E-state index in [0.29, 0.717) is 17.2 Å². The molecule has 0 aliphatic carbocycles. The summed E-state index contributed by atoms with van der Waals surface area (Å²) in [7, 11) is 1.51. The first-order valence-electron chi connectivity index (χ1n) is 6.02. The summed E-state index contributed by atoms with van der Waals surface area (Å²) in [5.41, 5.74) is -0.321. The van der Waals surface area contributed by atoms with E-state index >= 15 is 0 Å². The molecule has 0 amide bonds. The van der Waals surface area contributed by atoms with Crippen LogP contribution in [-0.2, 0) is 16.8 Å². The van der Waals surface area contributed by atoms with Crippen LogP contribution in [0.4, 0.5) is 0 Å². The Hall–Kier alpha value is -2.01. The lowest BCUT2D eigenvalue weighted by Gasteiger charge is -2.25. The van der Waals surface area contributed by atoms with Gasteiger partial charge in [-0.1, -0.05) is 23.7 Å². The zero-order valence-electron chi connectivity index (χ0n) is 11.2. The minimum Gasteiger partial charge on any atom is -0.493 e. The Morgan fingerprint density at radius 2 is 2.10 bits per heavy atom. The number of carboxylic acid groups (broad SMARTS) is 1. The second-order valence-electron chi connectivity index (χ2n) is 4.71. The SMILES string of the molecule is COc1cnn(C(C)(Cc2ccc(Cl)cc2)C(=O)O)c1. The molecule has 1 heterocycles. The smallest absolute Gasteiger partial charge is 0.331 e. The lowest BCUT2D eigenvalue weighted by Crippen LogP contribution is -2.41. The molecule has 106 valence electrons. The highest BCUT2D eigenvalue weighted by atomic mass is 35.5. The molecule has 0 saturated carbocycles. The second-order valence-corrected chi connectivity index (χ2v) is 5.14. The van der Waals surface area contributed by atoms with E-state index in [2.05, 4.69) is 5.10 Å². The van der Waals surface area contributed by atoms with Crippen LogP contribution in [0.3, 0.4) is 0 Å². The topological polar surface area (TPSA) is 64.4 Å². The molecule has 0 radical (unpaired) electrons. The Morgan fingerprint density at radius 3 is 2.60 bits per heavy atom. The van der Waals surface area contributed by atoms with Gasteiger partial charge in [0, 0.05) is 11.4 Å². The molecular formula is C14H15ClN2O3. The monoisotopic (exact) mass is 294 g/mol. The summed E-state index contributed by atoms with van der Waals surface area (Å²) in [5, 5.41) is 14.3.